The van der Waals surface area contributed by atoms with E-state index in [1.807, 2.05) is 0 Å². The van der Waals surface area contributed by atoms with Crippen LogP contribution in [0.2, 0.25) is 0 Å². The van der Waals surface area contributed by atoms with Crippen LogP contribution in [0.5, 0.6) is 0 Å². The average molecular weight is 895 g/mol. The minimum absolute atomic E-state index is 0.250. The lowest BCUT2D eigenvalue weighted by molar-refractivity contribution is -0.180. The summed E-state index contributed by atoms with van der Waals surface area (Å²) in [5, 5.41) is 15.7. The molecular formula is C56H111NO6. The van der Waals surface area contributed by atoms with Gasteiger partial charge in [0.15, 0.2) is 5.79 Å². The maximum absolute atomic E-state index is 10.7. The van der Waals surface area contributed by atoms with Crippen LogP contribution in [0.3, 0.4) is 0 Å². The molecule has 0 aromatic carbocycles. The van der Waals surface area contributed by atoms with Crippen LogP contribution in [0.1, 0.15) is 298 Å². The molecule has 7 heteroatoms. The van der Waals surface area contributed by atoms with Crippen molar-refractivity contribution in [1.82, 2.24) is 4.90 Å². The van der Waals surface area contributed by atoms with E-state index >= 15 is 0 Å². The van der Waals surface area contributed by atoms with Crippen LogP contribution < -0.4 is 0 Å². The molecule has 2 rings (SSSR count). The highest BCUT2D eigenvalue weighted by Crippen LogP contribution is 2.36. The second-order valence-corrected chi connectivity index (χ2v) is 20.0. The molecule has 2 saturated heterocycles. The van der Waals surface area contributed by atoms with Crippen molar-refractivity contribution in [3.8, 4) is 0 Å². The number of likely N-dealkylation sites (tertiary alicyclic amines) is 1. The van der Waals surface area contributed by atoms with Crippen LogP contribution in [0.15, 0.2) is 0 Å². The molecule has 7 nitrogen and oxygen atoms in total. The van der Waals surface area contributed by atoms with E-state index in [4.69, 9.17) is 24.5 Å². The van der Waals surface area contributed by atoms with E-state index in [9.17, 15) is 4.79 Å². The van der Waals surface area contributed by atoms with Gasteiger partial charge >= 0.3 is 5.97 Å². The summed E-state index contributed by atoms with van der Waals surface area (Å²) < 4.78 is 13.3. The van der Waals surface area contributed by atoms with Crippen LogP contribution in [0.4, 0.5) is 0 Å². The smallest absolute Gasteiger partial charge is 0.303 e. The first-order valence-electron chi connectivity index (χ1n) is 28.2. The van der Waals surface area contributed by atoms with Crippen LogP contribution in [-0.4, -0.2) is 65.7 Å². The second kappa shape index (κ2) is 47.3. The zero-order valence-corrected chi connectivity index (χ0v) is 43.1. The van der Waals surface area contributed by atoms with Crippen LogP contribution >= 0.6 is 0 Å². The van der Waals surface area contributed by atoms with Crippen molar-refractivity contribution in [1.29, 1.82) is 0 Å². The lowest BCUT2D eigenvalue weighted by Crippen LogP contribution is -2.34. The Morgan fingerprint density at radius 3 is 1.37 bits per heavy atom. The standard InChI is InChI=1S/C42H81NO4.C13H28.CH2O2/c1-3-5-20-28-39(29-21-6-4-2)30-22-15-11-8-7-9-13-17-24-33-42(34-25-18-14-10-12-16-23-31-41(44)45)46-38-40(47-42)32-37-43-35-26-19-27-36-43;1-4-7-9-11-13(6-3)12-10-8-5-2;2-1-3/h39-40H,3-38H2,1-2H3,(H,44,45);13H,4-12H2,1-3H3;1H,(H,2,3). The van der Waals surface area contributed by atoms with Crippen LogP contribution in [0, 0.1) is 11.8 Å². The second-order valence-electron chi connectivity index (χ2n) is 20.0. The van der Waals surface area contributed by atoms with E-state index in [1.165, 1.54) is 231 Å². The lowest BCUT2D eigenvalue weighted by Gasteiger charge is -2.30. The SMILES string of the molecule is CCCCCC(CC)CCCCC.CCCCCC(CCCCC)CCCCCCCCCCCC1(CCCCCCCCCC(=O)O)OCC(CCN2CCCCC2)O1.O=CO. The van der Waals surface area contributed by atoms with Crippen molar-refractivity contribution < 1.29 is 29.3 Å². The van der Waals surface area contributed by atoms with E-state index in [-0.39, 0.29) is 18.4 Å². The summed E-state index contributed by atoms with van der Waals surface area (Å²) >= 11 is 0. The molecule has 2 aliphatic heterocycles. The first-order chi connectivity index (χ1) is 30.8. The third-order valence-corrected chi connectivity index (χ3v) is 14.2. The predicted octanol–water partition coefficient (Wildman–Crippen LogP) is 17.5. The Kier molecular flexibility index (Phi) is 46.4. The van der Waals surface area contributed by atoms with Crippen molar-refractivity contribution in [2.45, 2.75) is 310 Å². The van der Waals surface area contributed by atoms with Crippen molar-refractivity contribution in [3.05, 3.63) is 0 Å². The molecule has 2 atom stereocenters. The summed E-state index contributed by atoms with van der Waals surface area (Å²) in [7, 11) is 0. The minimum Gasteiger partial charge on any atom is -0.483 e. The molecule has 0 aromatic rings. The maximum atomic E-state index is 10.7. The third-order valence-electron chi connectivity index (χ3n) is 14.2. The number of piperidine rings is 1. The summed E-state index contributed by atoms with van der Waals surface area (Å²) in [6.07, 6.45) is 53.9. The van der Waals surface area contributed by atoms with E-state index in [0.717, 1.165) is 63.5 Å². The number of unbranched alkanes of at least 4 members (excludes halogenated alkanes) is 22. The van der Waals surface area contributed by atoms with Gasteiger partial charge in [-0.15, -0.1) is 0 Å². The fourth-order valence-electron chi connectivity index (χ4n) is 9.99. The quantitative estimate of drug-likeness (QED) is 0.0465. The van der Waals surface area contributed by atoms with E-state index in [1.54, 1.807) is 0 Å². The molecule has 0 amide bonds. The Morgan fingerprint density at radius 1 is 0.571 bits per heavy atom. The van der Waals surface area contributed by atoms with Crippen molar-refractivity contribution in [2.24, 2.45) is 11.8 Å². The molecule has 2 unspecified atom stereocenters. The molecule has 0 bridgehead atoms. The molecule has 2 N–H and O–H groups in total. The molecule has 2 fully saturated rings. The number of carboxylic acid groups (broad SMARTS) is 2. The zero-order chi connectivity index (χ0) is 46.3. The Morgan fingerprint density at radius 2 is 0.952 bits per heavy atom. The summed E-state index contributed by atoms with van der Waals surface area (Å²) in [6, 6.07) is 0. The number of hydrogen-bond donors (Lipinski definition) is 2. The number of carboxylic acids is 1. The van der Waals surface area contributed by atoms with Gasteiger partial charge in [-0.1, -0.05) is 240 Å². The highest BCUT2D eigenvalue weighted by molar-refractivity contribution is 5.66. The Balaban J connectivity index is 0.00000203. The lowest BCUT2D eigenvalue weighted by atomic mass is 9.90. The zero-order valence-electron chi connectivity index (χ0n) is 43.1. The highest BCUT2D eigenvalue weighted by atomic mass is 16.7. The molecular weight excluding hydrogens is 783 g/mol. The van der Waals surface area contributed by atoms with E-state index in [2.05, 4.69) is 39.5 Å². The Hall–Kier alpha value is -1.18. The van der Waals surface area contributed by atoms with Gasteiger partial charge in [0.25, 0.3) is 6.47 Å². The molecule has 0 radical (unpaired) electrons. The van der Waals surface area contributed by atoms with E-state index < -0.39 is 5.97 Å². The number of ether oxygens (including phenoxy) is 2. The fraction of sp³-hybridized carbons (Fsp3) is 0.964. The molecule has 376 valence electrons. The van der Waals surface area contributed by atoms with Gasteiger partial charge in [-0.05, 0) is 63.5 Å². The molecule has 0 spiro atoms. The van der Waals surface area contributed by atoms with Gasteiger partial charge in [0.05, 0.1) is 12.7 Å². The van der Waals surface area contributed by atoms with Crippen LogP contribution in [0.25, 0.3) is 0 Å². The molecule has 63 heavy (non-hydrogen) atoms. The maximum Gasteiger partial charge on any atom is 0.303 e. The van der Waals surface area contributed by atoms with Crippen molar-refractivity contribution >= 4 is 12.4 Å². The number of nitrogens with zero attached hydrogens (tertiary/aromatic N) is 1. The number of aliphatic carboxylic acids is 1. The summed E-state index contributed by atoms with van der Waals surface area (Å²) in [5.41, 5.74) is 0. The average Bonchev–Trinajstić information content (AvgIpc) is 3.70. The van der Waals surface area contributed by atoms with E-state index in [0.29, 0.717) is 6.42 Å². The number of carbonyl (C=O) groups is 2. The first kappa shape index (κ1) is 61.8. The van der Waals surface area contributed by atoms with Gasteiger partial charge in [0.2, 0.25) is 0 Å². The predicted molar refractivity (Wildman–Crippen MR) is 271 cm³/mol. The summed E-state index contributed by atoms with van der Waals surface area (Å²) in [6.45, 7) is 15.8. The van der Waals surface area contributed by atoms with Gasteiger partial charge in [-0.2, -0.15) is 0 Å². The van der Waals surface area contributed by atoms with Gasteiger partial charge in [0.1, 0.15) is 0 Å². The minimum atomic E-state index is -0.666. The molecule has 0 aromatic heterocycles. The number of hydrogen-bond acceptors (Lipinski definition) is 5. The normalized spacial score (nSPS) is 17.7. The van der Waals surface area contributed by atoms with Gasteiger partial charge < -0.3 is 24.6 Å². The van der Waals surface area contributed by atoms with Crippen molar-refractivity contribution in [3.63, 3.8) is 0 Å². The first-order valence-corrected chi connectivity index (χ1v) is 28.2. The summed E-state index contributed by atoms with van der Waals surface area (Å²) in [4.78, 5) is 21.7. The molecule has 2 aliphatic rings. The summed E-state index contributed by atoms with van der Waals surface area (Å²) in [5.74, 6) is 1.01. The topological polar surface area (TPSA) is 96.3 Å². The largest absolute Gasteiger partial charge is 0.483 e. The highest BCUT2D eigenvalue weighted by Gasteiger charge is 2.40. The van der Waals surface area contributed by atoms with Crippen molar-refractivity contribution in [2.75, 3.05) is 26.2 Å². The van der Waals surface area contributed by atoms with Gasteiger partial charge in [-0.3, -0.25) is 9.59 Å². The Labute approximate surface area is 393 Å². The molecule has 0 saturated carbocycles. The fourth-order valence-corrected chi connectivity index (χ4v) is 9.99. The molecule has 0 aliphatic carbocycles. The monoisotopic (exact) mass is 894 g/mol. The van der Waals surface area contributed by atoms with Crippen LogP contribution in [-0.2, 0) is 19.1 Å². The third kappa shape index (κ3) is 39.7. The van der Waals surface area contributed by atoms with Gasteiger partial charge in [-0.25, -0.2) is 0 Å². The number of rotatable bonds is 42. The molecule has 2 heterocycles. The Bertz CT molecular complexity index is 923. The van der Waals surface area contributed by atoms with Gasteiger partial charge in [0, 0.05) is 25.8 Å².